The van der Waals surface area contributed by atoms with Gasteiger partial charge in [0.15, 0.2) is 0 Å². The molecule has 1 saturated carbocycles. The molecule has 2 rings (SSSR count). The van der Waals surface area contributed by atoms with Crippen molar-refractivity contribution in [2.75, 3.05) is 20.3 Å². The van der Waals surface area contributed by atoms with E-state index in [2.05, 4.69) is 4.98 Å². The minimum absolute atomic E-state index is 0.0136. The molecule has 1 heterocycles. The Kier molecular flexibility index (Phi) is 5.70. The van der Waals surface area contributed by atoms with Crippen molar-refractivity contribution in [3.63, 3.8) is 0 Å². The second-order valence-electron chi connectivity index (χ2n) is 5.78. The number of hydrogen-bond acceptors (Lipinski definition) is 4. The first-order valence-electron chi connectivity index (χ1n) is 7.51. The molecule has 5 heteroatoms. The summed E-state index contributed by atoms with van der Waals surface area (Å²) in [5.41, 5.74) is 0.178. The molecule has 0 radical (unpaired) electrons. The third-order valence-corrected chi connectivity index (χ3v) is 4.03. The maximum absolute atomic E-state index is 12.5. The number of carbonyl (C=O) groups excluding carboxylic acids is 1. The van der Waals surface area contributed by atoms with Crippen molar-refractivity contribution in [3.8, 4) is 0 Å². The highest BCUT2D eigenvalue weighted by atomic mass is 16.5. The predicted octanol–water partition coefficient (Wildman–Crippen LogP) is 1.75. The standard InChI is InChI=1S/C16H24N2O3/c1-21-10-9-18(13-14-5-4-8-17-12-14)15(19)11-16(20)6-2-3-7-16/h4-5,8,12,20H,2-3,6-7,9-11,13H2,1H3. The number of amides is 1. The molecule has 0 bridgehead atoms. The Morgan fingerprint density at radius 3 is 2.86 bits per heavy atom. The highest BCUT2D eigenvalue weighted by molar-refractivity contribution is 5.77. The topological polar surface area (TPSA) is 62.7 Å². The van der Waals surface area contributed by atoms with Crippen molar-refractivity contribution in [2.24, 2.45) is 0 Å². The normalized spacial score (nSPS) is 16.9. The van der Waals surface area contributed by atoms with Crippen LogP contribution in [0.1, 0.15) is 37.7 Å². The van der Waals surface area contributed by atoms with Gasteiger partial charge in [0.2, 0.25) is 5.91 Å². The third-order valence-electron chi connectivity index (χ3n) is 4.03. The third kappa shape index (κ3) is 4.79. The summed E-state index contributed by atoms with van der Waals surface area (Å²) in [4.78, 5) is 18.3. The number of hydrogen-bond donors (Lipinski definition) is 1. The van der Waals surface area contributed by atoms with Gasteiger partial charge in [-0.05, 0) is 24.5 Å². The molecule has 0 atom stereocenters. The predicted molar refractivity (Wildman–Crippen MR) is 79.6 cm³/mol. The van der Waals surface area contributed by atoms with Crippen molar-refractivity contribution in [2.45, 2.75) is 44.2 Å². The van der Waals surface area contributed by atoms with E-state index in [4.69, 9.17) is 4.74 Å². The van der Waals surface area contributed by atoms with Crippen LogP contribution < -0.4 is 0 Å². The van der Waals surface area contributed by atoms with Crippen molar-refractivity contribution in [1.29, 1.82) is 0 Å². The molecule has 1 aliphatic carbocycles. The van der Waals surface area contributed by atoms with Crippen molar-refractivity contribution in [1.82, 2.24) is 9.88 Å². The highest BCUT2D eigenvalue weighted by Crippen LogP contribution is 2.32. The van der Waals surface area contributed by atoms with Crippen LogP contribution in [0.15, 0.2) is 24.5 Å². The smallest absolute Gasteiger partial charge is 0.225 e. The number of pyridine rings is 1. The molecule has 1 amide bonds. The fraction of sp³-hybridized carbons (Fsp3) is 0.625. The van der Waals surface area contributed by atoms with Crippen molar-refractivity contribution in [3.05, 3.63) is 30.1 Å². The molecular weight excluding hydrogens is 268 g/mol. The Balaban J connectivity index is 1.99. The summed E-state index contributed by atoms with van der Waals surface area (Å²) < 4.78 is 5.08. The summed E-state index contributed by atoms with van der Waals surface area (Å²) in [5.74, 6) is -0.0136. The fourth-order valence-electron chi connectivity index (χ4n) is 2.81. The lowest BCUT2D eigenvalue weighted by atomic mass is 9.97. The first-order valence-corrected chi connectivity index (χ1v) is 7.51. The monoisotopic (exact) mass is 292 g/mol. The van der Waals surface area contributed by atoms with Gasteiger partial charge in [-0.25, -0.2) is 0 Å². The molecular formula is C16H24N2O3. The van der Waals surface area contributed by atoms with E-state index in [1.807, 2.05) is 12.1 Å². The zero-order chi connectivity index (χ0) is 15.1. The number of rotatable bonds is 7. The van der Waals surface area contributed by atoms with Gasteiger partial charge in [0.1, 0.15) is 0 Å². The van der Waals surface area contributed by atoms with Crippen LogP contribution in [0.4, 0.5) is 0 Å². The average molecular weight is 292 g/mol. The molecule has 1 fully saturated rings. The van der Waals surface area contributed by atoms with E-state index in [1.165, 1.54) is 0 Å². The van der Waals surface area contributed by atoms with Crippen LogP contribution in [-0.4, -0.2) is 46.8 Å². The number of aromatic nitrogens is 1. The van der Waals surface area contributed by atoms with Gasteiger partial charge in [-0.3, -0.25) is 9.78 Å². The van der Waals surface area contributed by atoms with Gasteiger partial charge >= 0.3 is 0 Å². The van der Waals surface area contributed by atoms with Crippen LogP contribution >= 0.6 is 0 Å². The number of carbonyl (C=O) groups is 1. The van der Waals surface area contributed by atoms with Crippen LogP contribution in [0.3, 0.4) is 0 Å². The van der Waals surface area contributed by atoms with Gasteiger partial charge in [0.05, 0.1) is 18.6 Å². The minimum Gasteiger partial charge on any atom is -0.389 e. The molecule has 1 N–H and O–H groups in total. The van der Waals surface area contributed by atoms with Crippen LogP contribution in [-0.2, 0) is 16.1 Å². The van der Waals surface area contributed by atoms with E-state index in [0.717, 1.165) is 31.2 Å². The largest absolute Gasteiger partial charge is 0.389 e. The van der Waals surface area contributed by atoms with Gasteiger partial charge in [0, 0.05) is 32.6 Å². The zero-order valence-corrected chi connectivity index (χ0v) is 12.6. The molecule has 1 aromatic heterocycles. The first-order chi connectivity index (χ1) is 10.1. The molecule has 0 saturated heterocycles. The Morgan fingerprint density at radius 1 is 1.48 bits per heavy atom. The quantitative estimate of drug-likeness (QED) is 0.831. The van der Waals surface area contributed by atoms with Crippen molar-refractivity contribution >= 4 is 5.91 Å². The SMILES string of the molecule is COCCN(Cc1cccnc1)C(=O)CC1(O)CCCC1. The second kappa shape index (κ2) is 7.52. The lowest BCUT2D eigenvalue weighted by Crippen LogP contribution is -2.39. The molecule has 0 spiro atoms. The van der Waals surface area contributed by atoms with E-state index in [0.29, 0.717) is 19.7 Å². The van der Waals surface area contributed by atoms with Crippen LogP contribution in [0.5, 0.6) is 0 Å². The highest BCUT2D eigenvalue weighted by Gasteiger charge is 2.34. The Labute approximate surface area is 125 Å². The zero-order valence-electron chi connectivity index (χ0n) is 12.6. The number of nitrogens with zero attached hydrogens (tertiary/aromatic N) is 2. The van der Waals surface area contributed by atoms with E-state index < -0.39 is 5.60 Å². The van der Waals surface area contributed by atoms with E-state index in [1.54, 1.807) is 24.4 Å². The van der Waals surface area contributed by atoms with Crippen molar-refractivity contribution < 1.29 is 14.6 Å². The molecule has 0 unspecified atom stereocenters. The van der Waals surface area contributed by atoms with Crippen LogP contribution in [0.25, 0.3) is 0 Å². The summed E-state index contributed by atoms with van der Waals surface area (Å²) >= 11 is 0. The molecule has 21 heavy (non-hydrogen) atoms. The lowest BCUT2D eigenvalue weighted by Gasteiger charge is -2.28. The number of ether oxygens (including phenoxy) is 1. The molecule has 5 nitrogen and oxygen atoms in total. The molecule has 1 aliphatic rings. The summed E-state index contributed by atoms with van der Waals surface area (Å²) in [6.45, 7) is 1.52. The minimum atomic E-state index is -0.808. The van der Waals surface area contributed by atoms with Crippen LogP contribution in [0.2, 0.25) is 0 Å². The maximum atomic E-state index is 12.5. The molecule has 1 aromatic rings. The molecule has 0 aliphatic heterocycles. The lowest BCUT2D eigenvalue weighted by molar-refractivity contribution is -0.137. The van der Waals surface area contributed by atoms with Gasteiger partial charge in [-0.15, -0.1) is 0 Å². The Morgan fingerprint density at radius 2 is 2.24 bits per heavy atom. The first kappa shape index (κ1) is 15.9. The average Bonchev–Trinajstić information content (AvgIpc) is 2.90. The van der Waals surface area contributed by atoms with E-state index in [-0.39, 0.29) is 12.3 Å². The molecule has 116 valence electrons. The van der Waals surface area contributed by atoms with E-state index >= 15 is 0 Å². The Bertz CT molecular complexity index is 444. The van der Waals surface area contributed by atoms with Gasteiger partial charge in [-0.1, -0.05) is 18.9 Å². The number of methoxy groups -OCH3 is 1. The summed E-state index contributed by atoms with van der Waals surface area (Å²) in [6.07, 6.45) is 7.14. The van der Waals surface area contributed by atoms with Gasteiger partial charge in [-0.2, -0.15) is 0 Å². The van der Waals surface area contributed by atoms with Gasteiger partial charge in [0.25, 0.3) is 0 Å². The summed E-state index contributed by atoms with van der Waals surface area (Å²) in [6, 6.07) is 3.81. The summed E-state index contributed by atoms with van der Waals surface area (Å²) in [5, 5.41) is 10.4. The summed E-state index contributed by atoms with van der Waals surface area (Å²) in [7, 11) is 1.62. The van der Waals surface area contributed by atoms with Crippen LogP contribution in [0, 0.1) is 0 Å². The molecule has 0 aromatic carbocycles. The van der Waals surface area contributed by atoms with Gasteiger partial charge < -0.3 is 14.7 Å². The number of aliphatic hydroxyl groups is 1. The second-order valence-corrected chi connectivity index (χ2v) is 5.78. The van der Waals surface area contributed by atoms with E-state index in [9.17, 15) is 9.90 Å². The fourth-order valence-corrected chi connectivity index (χ4v) is 2.81. The maximum Gasteiger partial charge on any atom is 0.225 e. The Hall–Kier alpha value is -1.46.